The summed E-state index contributed by atoms with van der Waals surface area (Å²) in [5.41, 5.74) is 3.55. The van der Waals surface area contributed by atoms with Gasteiger partial charge in [-0.25, -0.2) is 13.4 Å². The van der Waals surface area contributed by atoms with Gasteiger partial charge < -0.3 is 10.3 Å². The van der Waals surface area contributed by atoms with Gasteiger partial charge in [-0.2, -0.15) is 4.31 Å². The van der Waals surface area contributed by atoms with Crippen molar-refractivity contribution in [1.29, 1.82) is 0 Å². The molecule has 0 unspecified atom stereocenters. The van der Waals surface area contributed by atoms with Crippen LogP contribution in [0.3, 0.4) is 0 Å². The Hall–Kier alpha value is -2.40. The maximum atomic E-state index is 12.8. The number of sulfonamides is 1. The Morgan fingerprint density at radius 1 is 1.09 bits per heavy atom. The number of imidazole rings is 1. The van der Waals surface area contributed by atoms with Crippen molar-refractivity contribution in [3.8, 4) is 0 Å². The minimum atomic E-state index is -3.13. The van der Waals surface area contributed by atoms with Crippen LogP contribution in [0.25, 0.3) is 11.0 Å². The van der Waals surface area contributed by atoms with Gasteiger partial charge in [-0.05, 0) is 23.8 Å². The number of nitrogens with one attached hydrogen (secondary N) is 2. The van der Waals surface area contributed by atoms with Crippen molar-refractivity contribution < 1.29 is 13.2 Å². The van der Waals surface area contributed by atoms with Crippen LogP contribution < -0.4 is 5.32 Å². The number of hydrogen-bond acceptors (Lipinski definition) is 6. The summed E-state index contributed by atoms with van der Waals surface area (Å²) in [5, 5.41) is 3.83. The van der Waals surface area contributed by atoms with Crippen molar-refractivity contribution in [2.45, 2.75) is 10.9 Å². The molecule has 0 atom stereocenters. The van der Waals surface area contributed by atoms with E-state index in [4.69, 9.17) is 0 Å². The third kappa shape index (κ3) is 5.69. The Morgan fingerprint density at radius 2 is 1.81 bits per heavy atom. The van der Waals surface area contributed by atoms with E-state index < -0.39 is 10.0 Å². The lowest BCUT2D eigenvalue weighted by Gasteiger charge is -2.33. The molecule has 8 nitrogen and oxygen atoms in total. The van der Waals surface area contributed by atoms with Crippen LogP contribution in [-0.2, 0) is 15.8 Å². The highest BCUT2D eigenvalue weighted by Crippen LogP contribution is 2.24. The fraction of sp³-hybridized carbons (Fsp3) is 0.364. The second-order valence-corrected chi connectivity index (χ2v) is 10.7. The molecular formula is C22H27N5O3S2. The van der Waals surface area contributed by atoms with Crippen molar-refractivity contribution in [2.75, 3.05) is 45.5 Å². The number of benzene rings is 2. The number of piperazine rings is 1. The maximum Gasteiger partial charge on any atom is 0.251 e. The molecule has 4 rings (SSSR count). The SMILES string of the molecule is CS(=O)(=O)N1CCN(CCNC(=O)c2ccccc2CSc2nc3ccccc3[nH]2)CC1. The minimum Gasteiger partial charge on any atom is -0.351 e. The Morgan fingerprint density at radius 3 is 2.56 bits per heavy atom. The maximum absolute atomic E-state index is 12.8. The normalized spacial score (nSPS) is 15.8. The smallest absolute Gasteiger partial charge is 0.251 e. The Kier molecular flexibility index (Phi) is 7.14. The van der Waals surface area contributed by atoms with Crippen molar-refractivity contribution in [2.24, 2.45) is 0 Å². The van der Waals surface area contributed by atoms with E-state index in [-0.39, 0.29) is 5.91 Å². The first-order chi connectivity index (χ1) is 15.4. The van der Waals surface area contributed by atoms with Gasteiger partial charge in [0.05, 0.1) is 17.3 Å². The predicted octanol–water partition coefficient (Wildman–Crippen LogP) is 2.16. The highest BCUT2D eigenvalue weighted by Gasteiger charge is 2.23. The third-order valence-electron chi connectivity index (χ3n) is 5.51. The standard InChI is InChI=1S/C22H27N5O3S2/c1-32(29,30)27-14-12-26(13-15-27)11-10-23-21(28)18-7-3-2-6-17(18)16-31-22-24-19-8-4-5-9-20(19)25-22/h2-9H,10-16H2,1H3,(H,23,28)(H,24,25). The number of H-pyrrole nitrogens is 1. The van der Waals surface area contributed by atoms with Gasteiger partial charge in [-0.1, -0.05) is 42.1 Å². The zero-order valence-corrected chi connectivity index (χ0v) is 19.6. The van der Waals surface area contributed by atoms with E-state index in [2.05, 4.69) is 20.2 Å². The van der Waals surface area contributed by atoms with E-state index in [9.17, 15) is 13.2 Å². The predicted molar refractivity (Wildman–Crippen MR) is 127 cm³/mol. The summed E-state index contributed by atoms with van der Waals surface area (Å²) >= 11 is 1.57. The van der Waals surface area contributed by atoms with E-state index in [1.807, 2.05) is 48.5 Å². The molecule has 3 aromatic rings. The molecule has 2 heterocycles. The van der Waals surface area contributed by atoms with Gasteiger partial charge >= 0.3 is 0 Å². The second kappa shape index (κ2) is 10.0. The number of carbonyl (C=O) groups is 1. The van der Waals surface area contributed by atoms with E-state index in [0.717, 1.165) is 21.8 Å². The Bertz CT molecular complexity index is 1150. The largest absolute Gasteiger partial charge is 0.351 e. The first-order valence-corrected chi connectivity index (χ1v) is 13.3. The minimum absolute atomic E-state index is 0.0967. The summed E-state index contributed by atoms with van der Waals surface area (Å²) in [7, 11) is -3.13. The number of hydrogen-bond donors (Lipinski definition) is 2. The summed E-state index contributed by atoms with van der Waals surface area (Å²) < 4.78 is 24.7. The zero-order chi connectivity index (χ0) is 22.6. The fourth-order valence-electron chi connectivity index (χ4n) is 3.72. The van der Waals surface area contributed by atoms with Crippen molar-refractivity contribution in [3.05, 3.63) is 59.7 Å². The summed E-state index contributed by atoms with van der Waals surface area (Å²) in [6, 6.07) is 15.5. The van der Waals surface area contributed by atoms with Crippen LogP contribution in [0.4, 0.5) is 0 Å². The highest BCUT2D eigenvalue weighted by atomic mass is 32.2. The molecule has 2 aromatic carbocycles. The van der Waals surface area contributed by atoms with Gasteiger partial charge in [0.2, 0.25) is 10.0 Å². The number of thioether (sulfide) groups is 1. The Labute approximate surface area is 192 Å². The number of carbonyl (C=O) groups excluding carboxylic acids is 1. The summed E-state index contributed by atoms with van der Waals surface area (Å²) in [5.74, 6) is 0.539. The zero-order valence-electron chi connectivity index (χ0n) is 18.0. The molecule has 170 valence electrons. The molecule has 0 saturated carbocycles. The van der Waals surface area contributed by atoms with E-state index in [0.29, 0.717) is 50.6 Å². The topological polar surface area (TPSA) is 98.4 Å². The molecule has 0 bridgehead atoms. The van der Waals surface area contributed by atoms with Crippen LogP contribution in [0.15, 0.2) is 53.7 Å². The number of rotatable bonds is 8. The monoisotopic (exact) mass is 473 g/mol. The molecule has 1 aliphatic rings. The third-order valence-corrected chi connectivity index (χ3v) is 7.73. The molecular weight excluding hydrogens is 446 g/mol. The molecule has 0 spiro atoms. The second-order valence-electron chi connectivity index (χ2n) is 7.76. The molecule has 1 fully saturated rings. The molecule has 0 radical (unpaired) electrons. The van der Waals surface area contributed by atoms with Crippen LogP contribution in [0.2, 0.25) is 0 Å². The number of fused-ring (bicyclic) bond motifs is 1. The van der Waals surface area contributed by atoms with Gasteiger partial charge in [-0.15, -0.1) is 0 Å². The molecule has 1 aliphatic heterocycles. The first kappa shape index (κ1) is 22.8. The van der Waals surface area contributed by atoms with Crippen LogP contribution in [0.5, 0.6) is 0 Å². The fourth-order valence-corrected chi connectivity index (χ4v) is 5.43. The molecule has 1 saturated heterocycles. The Balaban J connectivity index is 1.29. The molecule has 0 aliphatic carbocycles. The lowest BCUT2D eigenvalue weighted by molar-refractivity contribution is 0.0944. The average Bonchev–Trinajstić information content (AvgIpc) is 3.20. The van der Waals surface area contributed by atoms with Gasteiger partial charge in [0, 0.05) is 50.6 Å². The van der Waals surface area contributed by atoms with Crippen LogP contribution >= 0.6 is 11.8 Å². The van der Waals surface area contributed by atoms with Crippen LogP contribution in [0.1, 0.15) is 15.9 Å². The van der Waals surface area contributed by atoms with E-state index >= 15 is 0 Å². The molecule has 32 heavy (non-hydrogen) atoms. The summed E-state index contributed by atoms with van der Waals surface area (Å²) in [6.45, 7) is 3.55. The summed E-state index contributed by atoms with van der Waals surface area (Å²) in [6.07, 6.45) is 1.24. The van der Waals surface area contributed by atoms with Gasteiger partial charge in [-0.3, -0.25) is 9.69 Å². The van der Waals surface area contributed by atoms with Crippen molar-refractivity contribution in [3.63, 3.8) is 0 Å². The van der Waals surface area contributed by atoms with Gasteiger partial charge in [0.25, 0.3) is 5.91 Å². The van der Waals surface area contributed by atoms with Gasteiger partial charge in [0.15, 0.2) is 5.16 Å². The van der Waals surface area contributed by atoms with Crippen molar-refractivity contribution in [1.82, 2.24) is 24.5 Å². The van der Waals surface area contributed by atoms with E-state index in [1.54, 1.807) is 11.8 Å². The number of amides is 1. The summed E-state index contributed by atoms with van der Waals surface area (Å²) in [4.78, 5) is 22.9. The lowest BCUT2D eigenvalue weighted by Crippen LogP contribution is -2.49. The van der Waals surface area contributed by atoms with Crippen LogP contribution in [-0.4, -0.2) is 79.0 Å². The number of nitrogens with zero attached hydrogens (tertiary/aromatic N) is 3. The van der Waals surface area contributed by atoms with Gasteiger partial charge in [0.1, 0.15) is 0 Å². The molecule has 1 amide bonds. The molecule has 10 heteroatoms. The average molecular weight is 474 g/mol. The van der Waals surface area contributed by atoms with Crippen molar-refractivity contribution >= 4 is 38.7 Å². The molecule has 1 aromatic heterocycles. The number of para-hydroxylation sites is 2. The highest BCUT2D eigenvalue weighted by molar-refractivity contribution is 7.98. The first-order valence-electron chi connectivity index (χ1n) is 10.5. The number of aromatic nitrogens is 2. The quantitative estimate of drug-likeness (QED) is 0.487. The molecule has 2 N–H and O–H groups in total. The van der Waals surface area contributed by atoms with Crippen LogP contribution in [0, 0.1) is 0 Å². The lowest BCUT2D eigenvalue weighted by atomic mass is 10.1. The number of aromatic amines is 1. The van der Waals surface area contributed by atoms with E-state index in [1.165, 1.54) is 10.6 Å².